The maximum atomic E-state index is 12.4. The summed E-state index contributed by atoms with van der Waals surface area (Å²) >= 11 is 5.74. The molecule has 0 bridgehead atoms. The van der Waals surface area contributed by atoms with E-state index in [0.717, 1.165) is 12.4 Å². The van der Waals surface area contributed by atoms with E-state index >= 15 is 0 Å². The maximum Gasteiger partial charge on any atom is 0.408 e. The molecule has 0 saturated carbocycles. The number of nitrogens with zero attached hydrogens (tertiary/aromatic N) is 4. The quantitative estimate of drug-likeness (QED) is 0.716. The summed E-state index contributed by atoms with van der Waals surface area (Å²) in [4.78, 5) is 7.59. The number of anilines is 3. The molecule has 0 aliphatic rings. The molecule has 24 heavy (non-hydrogen) atoms. The molecule has 132 valence electrons. The van der Waals surface area contributed by atoms with Gasteiger partial charge < -0.3 is 5.32 Å². The molecule has 0 atom stereocenters. The molecule has 0 unspecified atom stereocenters. The van der Waals surface area contributed by atoms with Crippen molar-refractivity contribution in [2.24, 2.45) is 5.14 Å². The van der Waals surface area contributed by atoms with E-state index in [2.05, 4.69) is 20.4 Å². The lowest BCUT2D eigenvalue weighted by Gasteiger charge is -2.08. The summed E-state index contributed by atoms with van der Waals surface area (Å²) in [5.74, 6) is -0.391. The minimum atomic E-state index is -4.42. The van der Waals surface area contributed by atoms with Crippen molar-refractivity contribution in [2.45, 2.75) is 19.6 Å². The fourth-order valence-electron chi connectivity index (χ4n) is 1.66. The highest BCUT2D eigenvalue weighted by Gasteiger charge is 2.28. The highest BCUT2D eigenvalue weighted by molar-refractivity contribution is 7.90. The van der Waals surface area contributed by atoms with E-state index in [-0.39, 0.29) is 28.2 Å². The van der Waals surface area contributed by atoms with Crippen LogP contribution in [0.15, 0.2) is 12.4 Å². The zero-order chi connectivity index (χ0) is 18.1. The van der Waals surface area contributed by atoms with E-state index in [1.54, 1.807) is 0 Å². The van der Waals surface area contributed by atoms with Crippen LogP contribution in [0.25, 0.3) is 0 Å². The second-order valence-corrected chi connectivity index (χ2v) is 6.30. The molecular formula is C10H11ClF3N7O2S. The lowest BCUT2D eigenvalue weighted by atomic mass is 10.4. The topological polar surface area (TPSA) is 128 Å². The third-order valence-corrected chi connectivity index (χ3v) is 3.27. The molecule has 0 radical (unpaired) electrons. The van der Waals surface area contributed by atoms with Crippen LogP contribution >= 0.6 is 11.6 Å². The minimum absolute atomic E-state index is 0.111. The Bertz CT molecular complexity index is 853. The van der Waals surface area contributed by atoms with Crippen LogP contribution in [0.3, 0.4) is 0 Å². The average molecular weight is 386 g/mol. The smallest absolute Gasteiger partial charge is 0.321 e. The molecule has 0 saturated heterocycles. The van der Waals surface area contributed by atoms with Gasteiger partial charge >= 0.3 is 6.18 Å². The maximum absolute atomic E-state index is 12.4. The molecule has 9 nitrogen and oxygen atoms in total. The highest BCUT2D eigenvalue weighted by atomic mass is 35.5. The second-order valence-electron chi connectivity index (χ2n) is 4.60. The van der Waals surface area contributed by atoms with Gasteiger partial charge in [-0.3, -0.25) is 9.40 Å². The molecule has 2 aromatic rings. The Hall–Kier alpha value is -2.12. The monoisotopic (exact) mass is 385 g/mol. The van der Waals surface area contributed by atoms with Crippen LogP contribution in [0.4, 0.5) is 30.6 Å². The van der Waals surface area contributed by atoms with Crippen LogP contribution in [0, 0.1) is 6.92 Å². The van der Waals surface area contributed by atoms with Gasteiger partial charge in [0.25, 0.3) is 10.2 Å². The van der Waals surface area contributed by atoms with Gasteiger partial charge in [0.15, 0.2) is 5.82 Å². The van der Waals surface area contributed by atoms with Crippen LogP contribution < -0.4 is 15.2 Å². The van der Waals surface area contributed by atoms with Crippen molar-refractivity contribution in [2.75, 3.05) is 10.0 Å². The summed E-state index contributed by atoms with van der Waals surface area (Å²) in [5, 5.41) is 11.1. The molecule has 0 spiro atoms. The molecule has 4 N–H and O–H groups in total. The summed E-state index contributed by atoms with van der Waals surface area (Å²) < 4.78 is 61.7. The third kappa shape index (κ3) is 5.21. The van der Waals surface area contributed by atoms with Crippen molar-refractivity contribution in [1.29, 1.82) is 0 Å². The van der Waals surface area contributed by atoms with Gasteiger partial charge in [0.05, 0.1) is 17.6 Å². The minimum Gasteiger partial charge on any atom is -0.321 e. The number of alkyl halides is 3. The lowest BCUT2D eigenvalue weighted by Crippen LogP contribution is -2.22. The Labute approximate surface area is 139 Å². The molecular weight excluding hydrogens is 375 g/mol. The number of hydrogen-bond donors (Lipinski definition) is 3. The third-order valence-electron chi connectivity index (χ3n) is 2.52. The van der Waals surface area contributed by atoms with Gasteiger partial charge in [-0.05, 0) is 6.92 Å². The first-order chi connectivity index (χ1) is 10.9. The highest BCUT2D eigenvalue weighted by Crippen LogP contribution is 2.24. The van der Waals surface area contributed by atoms with E-state index in [1.807, 2.05) is 4.72 Å². The number of nitrogens with one attached hydrogen (secondary N) is 2. The Morgan fingerprint density at radius 2 is 2.08 bits per heavy atom. The zero-order valence-electron chi connectivity index (χ0n) is 12.0. The molecule has 0 amide bonds. The van der Waals surface area contributed by atoms with Crippen molar-refractivity contribution in [3.05, 3.63) is 23.1 Å². The van der Waals surface area contributed by atoms with Crippen molar-refractivity contribution in [3.63, 3.8) is 0 Å². The summed E-state index contributed by atoms with van der Waals surface area (Å²) in [5.41, 5.74) is 0.474. The average Bonchev–Trinajstić information content (AvgIpc) is 2.69. The van der Waals surface area contributed by atoms with Crippen LogP contribution in [0.5, 0.6) is 0 Å². The van der Waals surface area contributed by atoms with Gasteiger partial charge in [0.1, 0.15) is 11.6 Å². The molecule has 2 heterocycles. The summed E-state index contributed by atoms with van der Waals surface area (Å²) in [6, 6.07) is 0. The molecule has 0 aliphatic heterocycles. The van der Waals surface area contributed by atoms with E-state index in [0.29, 0.717) is 4.68 Å². The Morgan fingerprint density at radius 3 is 2.67 bits per heavy atom. The van der Waals surface area contributed by atoms with Crippen molar-refractivity contribution in [1.82, 2.24) is 19.7 Å². The lowest BCUT2D eigenvalue weighted by molar-refractivity contribution is -0.142. The summed E-state index contributed by atoms with van der Waals surface area (Å²) in [6.45, 7) is 0.226. The first kappa shape index (κ1) is 18.2. The Balaban J connectivity index is 2.24. The predicted octanol–water partition coefficient (Wildman–Crippen LogP) is 1.56. The van der Waals surface area contributed by atoms with Gasteiger partial charge in [-0.1, -0.05) is 11.6 Å². The SMILES string of the molecule is Cc1nn(CC(F)(F)F)cc1Nc1ncc(Cl)c(NS(N)(=O)=O)n1. The van der Waals surface area contributed by atoms with E-state index in [9.17, 15) is 21.6 Å². The molecule has 14 heteroatoms. The number of aromatic nitrogens is 4. The van der Waals surface area contributed by atoms with Gasteiger partial charge in [0.2, 0.25) is 5.95 Å². The normalized spacial score (nSPS) is 12.2. The zero-order valence-corrected chi connectivity index (χ0v) is 13.5. The number of nitrogens with two attached hydrogens (primary N) is 1. The van der Waals surface area contributed by atoms with Gasteiger partial charge in [-0.2, -0.15) is 31.7 Å². The van der Waals surface area contributed by atoms with Crippen molar-refractivity contribution >= 4 is 39.3 Å². The van der Waals surface area contributed by atoms with Crippen molar-refractivity contribution in [3.8, 4) is 0 Å². The largest absolute Gasteiger partial charge is 0.408 e. The number of aryl methyl sites for hydroxylation is 1. The number of rotatable bonds is 5. The van der Waals surface area contributed by atoms with Gasteiger partial charge in [0, 0.05) is 6.20 Å². The Morgan fingerprint density at radius 1 is 1.42 bits per heavy atom. The second kappa shape index (κ2) is 6.41. The fraction of sp³-hybridized carbons (Fsp3) is 0.300. The molecule has 2 rings (SSSR count). The summed E-state index contributed by atoms with van der Waals surface area (Å²) in [6.07, 6.45) is -2.20. The van der Waals surface area contributed by atoms with Crippen LogP contribution in [-0.2, 0) is 16.8 Å². The van der Waals surface area contributed by atoms with E-state index < -0.39 is 22.9 Å². The van der Waals surface area contributed by atoms with Crippen LogP contribution in [0.1, 0.15) is 5.69 Å². The fourth-order valence-corrected chi connectivity index (χ4v) is 2.28. The Kier molecular flexibility index (Phi) is 4.87. The van der Waals surface area contributed by atoms with E-state index in [1.165, 1.54) is 6.92 Å². The van der Waals surface area contributed by atoms with Gasteiger partial charge in [-0.25, -0.2) is 10.1 Å². The molecule has 0 fully saturated rings. The first-order valence-corrected chi connectivity index (χ1v) is 8.06. The van der Waals surface area contributed by atoms with Crippen LogP contribution in [-0.4, -0.2) is 34.3 Å². The van der Waals surface area contributed by atoms with Crippen molar-refractivity contribution < 1.29 is 21.6 Å². The molecule has 0 aliphatic carbocycles. The number of halogens is 4. The van der Waals surface area contributed by atoms with Crippen LogP contribution in [0.2, 0.25) is 5.02 Å². The number of hydrogen-bond acceptors (Lipinski definition) is 6. The summed E-state index contributed by atoms with van der Waals surface area (Å²) in [7, 11) is -4.11. The molecule has 0 aromatic carbocycles. The first-order valence-electron chi connectivity index (χ1n) is 6.14. The molecule has 2 aromatic heterocycles. The standard InChI is InChI=1S/C10H11ClF3N7O2S/c1-5-7(3-21(19-5)4-10(12,13)14)17-9-16-2-6(11)8(18-9)20-24(15,22)23/h2-3H,4H2,1H3,(H2,15,22,23)(H2,16,17,18,20). The van der Waals surface area contributed by atoms with Gasteiger partial charge in [-0.15, -0.1) is 0 Å². The van der Waals surface area contributed by atoms with E-state index in [4.69, 9.17) is 16.7 Å². The predicted molar refractivity (Wildman–Crippen MR) is 80.1 cm³/mol.